The van der Waals surface area contributed by atoms with Crippen LogP contribution in [0.15, 0.2) is 59.6 Å². The Hall–Kier alpha value is -2.48. The van der Waals surface area contributed by atoms with Gasteiger partial charge in [-0.2, -0.15) is 0 Å². The number of ketones is 1. The molecule has 3 aromatic carbocycles. The van der Waals surface area contributed by atoms with E-state index in [1.165, 1.54) is 27.1 Å². The van der Waals surface area contributed by atoms with Gasteiger partial charge in [0, 0.05) is 5.71 Å². The number of nitrogens with zero attached hydrogens (tertiary/aromatic N) is 1. The molecular weight excluding hydrogens is 270 g/mol. The van der Waals surface area contributed by atoms with Crippen LogP contribution < -0.4 is 0 Å². The zero-order valence-corrected chi connectivity index (χ0v) is 12.5. The average molecular weight is 287 g/mol. The lowest BCUT2D eigenvalue weighted by Gasteiger charge is -2.10. The van der Waals surface area contributed by atoms with Gasteiger partial charge in [-0.05, 0) is 52.9 Å². The van der Waals surface area contributed by atoms with Gasteiger partial charge >= 0.3 is 0 Å². The molecular formula is C20H17NO. The Bertz CT molecular complexity index is 869. The normalized spacial score (nSPS) is 16.8. The van der Waals surface area contributed by atoms with Crippen LogP contribution in [-0.2, 0) is 11.2 Å². The van der Waals surface area contributed by atoms with Crippen LogP contribution in [0.4, 0.5) is 0 Å². The molecule has 1 aliphatic rings. The monoisotopic (exact) mass is 287 g/mol. The van der Waals surface area contributed by atoms with Gasteiger partial charge in [0.2, 0.25) is 0 Å². The van der Waals surface area contributed by atoms with Crippen molar-refractivity contribution >= 4 is 33.0 Å². The molecule has 1 unspecified atom stereocenters. The van der Waals surface area contributed by atoms with Crippen LogP contribution in [0.25, 0.3) is 21.5 Å². The Morgan fingerprint density at radius 1 is 0.955 bits per heavy atom. The quantitative estimate of drug-likeness (QED) is 0.656. The molecule has 4 rings (SSSR count). The second kappa shape index (κ2) is 5.06. The zero-order valence-electron chi connectivity index (χ0n) is 12.5. The molecule has 0 saturated heterocycles. The molecule has 22 heavy (non-hydrogen) atoms. The van der Waals surface area contributed by atoms with Gasteiger partial charge in [0.15, 0.2) is 5.78 Å². The number of aryl methyl sites for hydroxylation is 1. The van der Waals surface area contributed by atoms with Gasteiger partial charge in [-0.25, -0.2) is 0 Å². The summed E-state index contributed by atoms with van der Waals surface area (Å²) >= 11 is 0. The van der Waals surface area contributed by atoms with E-state index in [0.717, 1.165) is 18.6 Å². The third-order valence-electron chi connectivity index (χ3n) is 4.44. The summed E-state index contributed by atoms with van der Waals surface area (Å²) in [5.74, 6) is 0.165. The van der Waals surface area contributed by atoms with Crippen LogP contribution in [0.2, 0.25) is 0 Å². The summed E-state index contributed by atoms with van der Waals surface area (Å²) in [5.41, 5.74) is 2.43. The number of Topliss-reactive ketones (excluding diaryl/α,β-unsaturated/α-hetero) is 1. The van der Waals surface area contributed by atoms with E-state index < -0.39 is 0 Å². The van der Waals surface area contributed by atoms with Crippen molar-refractivity contribution in [3.05, 3.63) is 60.2 Å². The highest BCUT2D eigenvalue weighted by atomic mass is 16.1. The van der Waals surface area contributed by atoms with Crippen LogP contribution in [0, 0.1) is 0 Å². The van der Waals surface area contributed by atoms with Crippen LogP contribution >= 0.6 is 0 Å². The van der Waals surface area contributed by atoms with Crippen LogP contribution in [-0.4, -0.2) is 17.5 Å². The van der Waals surface area contributed by atoms with Crippen molar-refractivity contribution in [2.75, 3.05) is 0 Å². The van der Waals surface area contributed by atoms with Crippen molar-refractivity contribution in [3.63, 3.8) is 0 Å². The maximum atomic E-state index is 11.3. The number of hydrogen-bond acceptors (Lipinski definition) is 2. The molecule has 0 spiro atoms. The first-order valence-electron chi connectivity index (χ1n) is 7.70. The van der Waals surface area contributed by atoms with Crippen LogP contribution in [0.5, 0.6) is 0 Å². The second-order valence-corrected chi connectivity index (χ2v) is 5.93. The Kier molecular flexibility index (Phi) is 3.04. The second-order valence-electron chi connectivity index (χ2n) is 5.93. The number of benzene rings is 3. The molecule has 108 valence electrons. The average Bonchev–Trinajstić information content (AvgIpc) is 3.31. The fourth-order valence-corrected chi connectivity index (χ4v) is 3.29. The van der Waals surface area contributed by atoms with E-state index in [2.05, 4.69) is 59.6 Å². The molecule has 0 amide bonds. The van der Waals surface area contributed by atoms with Gasteiger partial charge in [0.25, 0.3) is 0 Å². The van der Waals surface area contributed by atoms with Crippen molar-refractivity contribution in [2.45, 2.75) is 25.8 Å². The highest BCUT2D eigenvalue weighted by Gasteiger charge is 2.31. The Balaban J connectivity index is 1.76. The summed E-state index contributed by atoms with van der Waals surface area (Å²) < 4.78 is 0. The summed E-state index contributed by atoms with van der Waals surface area (Å²) in [6, 6.07) is 19.2. The van der Waals surface area contributed by atoms with Gasteiger partial charge in [-0.1, -0.05) is 48.5 Å². The van der Waals surface area contributed by atoms with E-state index in [4.69, 9.17) is 0 Å². The molecule has 0 N–H and O–H groups in total. The van der Waals surface area contributed by atoms with Crippen molar-refractivity contribution in [1.29, 1.82) is 0 Å². The highest BCUT2D eigenvalue weighted by Crippen LogP contribution is 2.30. The summed E-state index contributed by atoms with van der Waals surface area (Å²) in [6.45, 7) is 1.62. The van der Waals surface area contributed by atoms with E-state index in [-0.39, 0.29) is 11.8 Å². The van der Waals surface area contributed by atoms with Crippen molar-refractivity contribution in [1.82, 2.24) is 0 Å². The molecule has 0 bridgehead atoms. The summed E-state index contributed by atoms with van der Waals surface area (Å²) in [5, 5.41) is 5.16. The van der Waals surface area contributed by atoms with Gasteiger partial charge in [-0.3, -0.25) is 9.79 Å². The maximum absolute atomic E-state index is 11.3. The molecule has 3 aromatic rings. The van der Waals surface area contributed by atoms with Crippen molar-refractivity contribution in [3.8, 4) is 0 Å². The molecule has 0 aliphatic carbocycles. The molecule has 0 radical (unpaired) electrons. The number of aliphatic imine (C=N–C) groups is 1. The van der Waals surface area contributed by atoms with Gasteiger partial charge in [0.05, 0.1) is 0 Å². The Morgan fingerprint density at radius 3 is 2.09 bits per heavy atom. The van der Waals surface area contributed by atoms with Gasteiger partial charge in [-0.15, -0.1) is 0 Å². The molecule has 2 heteroatoms. The molecule has 1 heterocycles. The van der Waals surface area contributed by atoms with E-state index in [1.807, 2.05) is 0 Å². The first-order chi connectivity index (χ1) is 10.7. The summed E-state index contributed by atoms with van der Waals surface area (Å²) in [6.07, 6.45) is 1.81. The fraction of sp³-hybridized carbons (Fsp3) is 0.200. The Labute approximate surface area is 129 Å². The fourth-order valence-electron chi connectivity index (χ4n) is 3.29. The number of carbonyl (C=O) groups is 1. The largest absolute Gasteiger partial charge is 0.297 e. The van der Waals surface area contributed by atoms with Crippen molar-refractivity contribution < 1.29 is 4.79 Å². The molecule has 2 nitrogen and oxygen atoms in total. The number of fused-ring (bicyclic) bond motifs is 2. The van der Waals surface area contributed by atoms with Crippen molar-refractivity contribution in [2.24, 2.45) is 4.99 Å². The molecule has 0 fully saturated rings. The van der Waals surface area contributed by atoms with Crippen LogP contribution in [0.3, 0.4) is 0 Å². The molecule has 0 aromatic heterocycles. The van der Waals surface area contributed by atoms with E-state index in [1.54, 1.807) is 6.92 Å². The minimum Gasteiger partial charge on any atom is -0.297 e. The predicted molar refractivity (Wildman–Crippen MR) is 91.7 cm³/mol. The summed E-state index contributed by atoms with van der Waals surface area (Å²) in [4.78, 5) is 15.6. The number of carbonyl (C=O) groups excluding carboxylic acids is 1. The first kappa shape index (κ1) is 13.2. The maximum Gasteiger partial charge on any atom is 0.159 e. The predicted octanol–water partition coefficient (Wildman–Crippen LogP) is 4.34. The van der Waals surface area contributed by atoms with Gasteiger partial charge < -0.3 is 0 Å². The third kappa shape index (κ3) is 2.21. The highest BCUT2D eigenvalue weighted by molar-refractivity contribution is 6.18. The zero-order chi connectivity index (χ0) is 15.1. The van der Waals surface area contributed by atoms with E-state index in [9.17, 15) is 4.79 Å². The van der Waals surface area contributed by atoms with Gasteiger partial charge in [0.1, 0.15) is 6.04 Å². The molecule has 1 aliphatic heterocycles. The van der Waals surface area contributed by atoms with Crippen LogP contribution in [0.1, 0.15) is 18.9 Å². The smallest absolute Gasteiger partial charge is 0.159 e. The summed E-state index contributed by atoms with van der Waals surface area (Å²) in [7, 11) is 0. The number of hydrogen-bond donors (Lipinski definition) is 0. The molecule has 0 saturated carbocycles. The minimum absolute atomic E-state index is 0.124. The standard InChI is InChI=1S/C20H17NO/c1-13(22)20-19(21-20)11-10-18-16-8-4-2-6-14(16)12-15-7-3-5-9-17(15)18/h2-9,12,20H,10-11H2,1H3. The van der Waals surface area contributed by atoms with E-state index in [0.29, 0.717) is 0 Å². The van der Waals surface area contributed by atoms with E-state index >= 15 is 0 Å². The lowest BCUT2D eigenvalue weighted by molar-refractivity contribution is -0.116. The minimum atomic E-state index is -0.124. The first-order valence-corrected chi connectivity index (χ1v) is 7.70. The topological polar surface area (TPSA) is 29.4 Å². The Morgan fingerprint density at radius 2 is 1.55 bits per heavy atom. The lowest BCUT2D eigenvalue weighted by Crippen LogP contribution is -2.08. The SMILES string of the molecule is CC(=O)C1N=C1CCc1c2ccccc2cc2ccccc12. The lowest BCUT2D eigenvalue weighted by atomic mass is 9.93. The third-order valence-corrected chi connectivity index (χ3v) is 4.44. The molecule has 1 atom stereocenters. The number of rotatable bonds is 4.